The van der Waals surface area contributed by atoms with Gasteiger partial charge in [0.05, 0.1) is 17.8 Å². The van der Waals surface area contributed by atoms with E-state index >= 15 is 0 Å². The second kappa shape index (κ2) is 9.27. The number of hydrogen-bond donors (Lipinski definition) is 3. The van der Waals surface area contributed by atoms with Gasteiger partial charge in [0.2, 0.25) is 0 Å². The summed E-state index contributed by atoms with van der Waals surface area (Å²) in [5, 5.41) is 11.4. The number of amides is 4. The third-order valence-electron chi connectivity index (χ3n) is 4.56. The highest BCUT2D eigenvalue weighted by atomic mass is 32.1. The number of likely N-dealkylation sites (tertiary alicyclic amines) is 1. The number of carbonyl (C=O) groups is 2. The summed E-state index contributed by atoms with van der Waals surface area (Å²) in [7, 11) is 1.58. The maximum absolute atomic E-state index is 12.5. The maximum atomic E-state index is 12.5. The van der Waals surface area contributed by atoms with Crippen LogP contribution in [0.1, 0.15) is 12.8 Å². The van der Waals surface area contributed by atoms with Crippen molar-refractivity contribution in [1.82, 2.24) is 10.2 Å². The number of carbonyl (C=O) groups excluding carboxylic acids is 2. The second-order valence-corrected chi connectivity index (χ2v) is 7.32. The van der Waals surface area contributed by atoms with Crippen LogP contribution < -0.4 is 20.7 Å². The van der Waals surface area contributed by atoms with E-state index in [0.717, 1.165) is 17.8 Å². The number of urea groups is 2. The number of anilines is 2. The number of methoxy groups -OCH3 is 1. The Morgan fingerprint density at radius 1 is 1.15 bits per heavy atom. The molecule has 144 valence electrons. The van der Waals surface area contributed by atoms with Gasteiger partial charge in [-0.2, -0.15) is 0 Å². The number of nitrogens with one attached hydrogen (secondary N) is 3. The molecule has 0 bridgehead atoms. The monoisotopic (exact) mass is 388 g/mol. The molecule has 27 heavy (non-hydrogen) atoms. The van der Waals surface area contributed by atoms with Crippen molar-refractivity contribution in [2.45, 2.75) is 12.8 Å². The molecule has 2 aromatic rings. The van der Waals surface area contributed by atoms with E-state index in [4.69, 9.17) is 4.74 Å². The largest absolute Gasteiger partial charge is 0.495 e. The Morgan fingerprint density at radius 3 is 2.63 bits per heavy atom. The summed E-state index contributed by atoms with van der Waals surface area (Å²) in [6.07, 6.45) is 1.72. The van der Waals surface area contributed by atoms with Gasteiger partial charge in [-0.1, -0.05) is 12.1 Å². The lowest BCUT2D eigenvalue weighted by molar-refractivity contribution is 0.181. The van der Waals surface area contributed by atoms with Crippen LogP contribution in [0.5, 0.6) is 5.75 Å². The van der Waals surface area contributed by atoms with E-state index in [1.54, 1.807) is 12.0 Å². The molecule has 1 fully saturated rings. The summed E-state index contributed by atoms with van der Waals surface area (Å²) < 4.78 is 5.26. The van der Waals surface area contributed by atoms with Crippen molar-refractivity contribution in [2.75, 3.05) is 37.4 Å². The summed E-state index contributed by atoms with van der Waals surface area (Å²) in [6.45, 7) is 1.94. The van der Waals surface area contributed by atoms with Crippen molar-refractivity contribution in [3.05, 3.63) is 41.8 Å². The number of rotatable bonds is 5. The fourth-order valence-electron chi connectivity index (χ4n) is 3.03. The Morgan fingerprint density at radius 2 is 1.93 bits per heavy atom. The molecule has 1 aromatic heterocycles. The lowest BCUT2D eigenvalue weighted by Gasteiger charge is -2.32. The van der Waals surface area contributed by atoms with Gasteiger partial charge in [0.1, 0.15) is 5.75 Å². The lowest BCUT2D eigenvalue weighted by Crippen LogP contribution is -2.43. The number of piperidine rings is 1. The van der Waals surface area contributed by atoms with E-state index in [9.17, 15) is 9.59 Å². The number of para-hydroxylation sites is 2. The minimum absolute atomic E-state index is 0.124. The third kappa shape index (κ3) is 5.37. The Labute approximate surface area is 162 Å². The molecule has 7 nitrogen and oxygen atoms in total. The molecule has 3 rings (SSSR count). The minimum atomic E-state index is -0.186. The minimum Gasteiger partial charge on any atom is -0.495 e. The summed E-state index contributed by atoms with van der Waals surface area (Å²) in [4.78, 5) is 26.2. The van der Waals surface area contributed by atoms with Gasteiger partial charge in [0, 0.05) is 19.6 Å². The Hall–Kier alpha value is -2.74. The molecule has 1 saturated heterocycles. The highest BCUT2D eigenvalue weighted by molar-refractivity contribution is 7.14. The first-order valence-corrected chi connectivity index (χ1v) is 9.81. The highest BCUT2D eigenvalue weighted by Gasteiger charge is 2.23. The molecule has 3 N–H and O–H groups in total. The van der Waals surface area contributed by atoms with Crippen molar-refractivity contribution < 1.29 is 14.3 Å². The number of ether oxygens (including phenoxy) is 1. The highest BCUT2D eigenvalue weighted by Crippen LogP contribution is 2.24. The smallest absolute Gasteiger partial charge is 0.321 e. The Bertz CT molecular complexity index is 758. The maximum Gasteiger partial charge on any atom is 0.321 e. The molecule has 1 aliphatic heterocycles. The summed E-state index contributed by atoms with van der Waals surface area (Å²) in [5.41, 5.74) is 0.666. The van der Waals surface area contributed by atoms with Crippen LogP contribution in [0, 0.1) is 5.92 Å². The molecule has 0 aliphatic carbocycles. The number of thiophene rings is 1. The van der Waals surface area contributed by atoms with E-state index in [0.29, 0.717) is 37.0 Å². The first-order chi connectivity index (χ1) is 13.2. The van der Waals surface area contributed by atoms with Crippen molar-refractivity contribution in [3.63, 3.8) is 0 Å². The first kappa shape index (κ1) is 19.0. The molecule has 2 heterocycles. The SMILES string of the molecule is COc1ccccc1NC(=O)N1CCC(CNC(=O)Nc2cccs2)CC1. The van der Waals surface area contributed by atoms with Gasteiger partial charge in [-0.3, -0.25) is 5.32 Å². The molecule has 1 aliphatic rings. The van der Waals surface area contributed by atoms with Crippen LogP contribution in [0.15, 0.2) is 41.8 Å². The zero-order chi connectivity index (χ0) is 19.1. The Kier molecular flexibility index (Phi) is 6.54. The summed E-state index contributed by atoms with van der Waals surface area (Å²) >= 11 is 1.49. The summed E-state index contributed by atoms with van der Waals surface area (Å²) in [6, 6.07) is 10.8. The van der Waals surface area contributed by atoms with Gasteiger partial charge in [-0.15, -0.1) is 11.3 Å². The van der Waals surface area contributed by atoms with E-state index in [1.807, 2.05) is 41.8 Å². The van der Waals surface area contributed by atoms with Crippen LogP contribution >= 0.6 is 11.3 Å². The zero-order valence-corrected chi connectivity index (χ0v) is 16.1. The van der Waals surface area contributed by atoms with Crippen molar-refractivity contribution >= 4 is 34.1 Å². The average molecular weight is 388 g/mol. The van der Waals surface area contributed by atoms with Crippen molar-refractivity contribution in [1.29, 1.82) is 0 Å². The molecule has 0 spiro atoms. The fourth-order valence-corrected chi connectivity index (χ4v) is 3.64. The van der Waals surface area contributed by atoms with E-state index in [1.165, 1.54) is 11.3 Å². The van der Waals surface area contributed by atoms with Gasteiger partial charge in [0.15, 0.2) is 0 Å². The molecule has 8 heteroatoms. The summed E-state index contributed by atoms with van der Waals surface area (Å²) in [5.74, 6) is 1.01. The lowest BCUT2D eigenvalue weighted by atomic mass is 9.97. The van der Waals surface area contributed by atoms with Gasteiger partial charge >= 0.3 is 12.1 Å². The number of nitrogens with zero attached hydrogens (tertiary/aromatic N) is 1. The zero-order valence-electron chi connectivity index (χ0n) is 15.2. The van der Waals surface area contributed by atoms with Crippen LogP contribution in [0.2, 0.25) is 0 Å². The second-order valence-electron chi connectivity index (χ2n) is 6.37. The molecule has 0 atom stereocenters. The van der Waals surface area contributed by atoms with Gasteiger partial charge in [-0.05, 0) is 48.4 Å². The predicted molar refractivity (Wildman–Crippen MR) is 108 cm³/mol. The topological polar surface area (TPSA) is 82.7 Å². The quantitative estimate of drug-likeness (QED) is 0.728. The normalized spacial score (nSPS) is 14.5. The molecule has 0 saturated carbocycles. The van der Waals surface area contributed by atoms with Crippen LogP contribution in [0.4, 0.5) is 20.3 Å². The van der Waals surface area contributed by atoms with Crippen molar-refractivity contribution in [3.8, 4) is 5.75 Å². The fraction of sp³-hybridized carbons (Fsp3) is 0.368. The third-order valence-corrected chi connectivity index (χ3v) is 5.34. The van der Waals surface area contributed by atoms with Crippen LogP contribution in [-0.4, -0.2) is 43.7 Å². The number of hydrogen-bond acceptors (Lipinski definition) is 4. The van der Waals surface area contributed by atoms with Crippen LogP contribution in [0.25, 0.3) is 0 Å². The van der Waals surface area contributed by atoms with Gasteiger partial charge < -0.3 is 20.3 Å². The predicted octanol–water partition coefficient (Wildman–Crippen LogP) is 3.82. The molecular formula is C19H24N4O3S. The number of benzene rings is 1. The molecule has 4 amide bonds. The average Bonchev–Trinajstić information content (AvgIpc) is 3.20. The van der Waals surface area contributed by atoms with Gasteiger partial charge in [0.25, 0.3) is 0 Å². The van der Waals surface area contributed by atoms with Gasteiger partial charge in [-0.25, -0.2) is 9.59 Å². The molecule has 0 radical (unpaired) electrons. The first-order valence-electron chi connectivity index (χ1n) is 8.93. The Balaban J connectivity index is 1.40. The molecule has 1 aromatic carbocycles. The van der Waals surface area contributed by atoms with E-state index in [2.05, 4.69) is 16.0 Å². The van der Waals surface area contributed by atoms with Crippen LogP contribution in [0.3, 0.4) is 0 Å². The molecule has 0 unspecified atom stereocenters. The van der Waals surface area contributed by atoms with E-state index in [-0.39, 0.29) is 12.1 Å². The standard InChI is InChI=1S/C19H24N4O3S/c1-26-16-6-3-2-5-15(16)21-19(25)23-10-8-14(9-11-23)13-20-18(24)22-17-7-4-12-27-17/h2-7,12,14H,8-11,13H2,1H3,(H,21,25)(H2,20,22,24). The molecular weight excluding hydrogens is 364 g/mol. The van der Waals surface area contributed by atoms with E-state index < -0.39 is 0 Å². The van der Waals surface area contributed by atoms with Crippen LogP contribution in [-0.2, 0) is 0 Å². The van der Waals surface area contributed by atoms with Crippen molar-refractivity contribution in [2.24, 2.45) is 5.92 Å².